The first-order valence-corrected chi connectivity index (χ1v) is 7.29. The van der Waals surface area contributed by atoms with E-state index in [0.29, 0.717) is 5.56 Å². The van der Waals surface area contributed by atoms with E-state index in [1.54, 1.807) is 6.92 Å². The average molecular weight is 340 g/mol. The van der Waals surface area contributed by atoms with E-state index in [-0.39, 0.29) is 29.4 Å². The zero-order valence-electron chi connectivity index (χ0n) is 12.2. The SMILES string of the molecule is CCOC(=O)C1=C(CCl)NC(=O)N[C@H]1c1ccc([N+](=O)[O-])cc1. The Morgan fingerprint density at radius 1 is 1.39 bits per heavy atom. The third-order valence-corrected chi connectivity index (χ3v) is 3.49. The summed E-state index contributed by atoms with van der Waals surface area (Å²) in [6.07, 6.45) is 0. The van der Waals surface area contributed by atoms with E-state index in [1.165, 1.54) is 24.3 Å². The van der Waals surface area contributed by atoms with Crippen LogP contribution in [0.25, 0.3) is 0 Å². The molecule has 0 radical (unpaired) electrons. The molecule has 0 saturated carbocycles. The van der Waals surface area contributed by atoms with Gasteiger partial charge in [-0.05, 0) is 24.6 Å². The third kappa shape index (κ3) is 3.59. The Morgan fingerprint density at radius 2 is 2.04 bits per heavy atom. The van der Waals surface area contributed by atoms with Crippen molar-refractivity contribution in [1.29, 1.82) is 0 Å². The number of esters is 1. The van der Waals surface area contributed by atoms with Gasteiger partial charge in [0.25, 0.3) is 5.69 Å². The lowest BCUT2D eigenvalue weighted by atomic mass is 9.95. The van der Waals surface area contributed by atoms with Crippen molar-refractivity contribution in [2.24, 2.45) is 0 Å². The molecule has 9 heteroatoms. The number of nitro benzene ring substituents is 1. The second-order valence-electron chi connectivity index (χ2n) is 4.63. The maximum atomic E-state index is 12.2. The normalized spacial score (nSPS) is 17.3. The zero-order valence-corrected chi connectivity index (χ0v) is 12.9. The summed E-state index contributed by atoms with van der Waals surface area (Å²) in [5.74, 6) is -0.690. The Bertz CT molecular complexity index is 671. The minimum atomic E-state index is -0.794. The van der Waals surface area contributed by atoms with Crippen LogP contribution in [-0.4, -0.2) is 29.4 Å². The number of hydrogen-bond donors (Lipinski definition) is 2. The molecule has 2 rings (SSSR count). The van der Waals surface area contributed by atoms with Crippen LogP contribution in [0, 0.1) is 10.1 Å². The Kier molecular flexibility index (Phi) is 5.17. The fraction of sp³-hybridized carbons (Fsp3) is 0.286. The molecule has 23 heavy (non-hydrogen) atoms. The van der Waals surface area contributed by atoms with Crippen LogP contribution in [-0.2, 0) is 9.53 Å². The first-order valence-electron chi connectivity index (χ1n) is 6.76. The fourth-order valence-corrected chi connectivity index (χ4v) is 2.42. The summed E-state index contributed by atoms with van der Waals surface area (Å²) >= 11 is 5.81. The summed E-state index contributed by atoms with van der Waals surface area (Å²) in [6.45, 7) is 1.83. The molecule has 1 aliphatic rings. The van der Waals surface area contributed by atoms with Gasteiger partial charge in [-0.3, -0.25) is 10.1 Å². The van der Waals surface area contributed by atoms with Crippen LogP contribution in [0.3, 0.4) is 0 Å². The summed E-state index contributed by atoms with van der Waals surface area (Å²) in [6, 6.07) is 4.23. The molecule has 1 aromatic carbocycles. The monoisotopic (exact) mass is 339 g/mol. The van der Waals surface area contributed by atoms with Gasteiger partial charge in [0.2, 0.25) is 0 Å². The molecule has 0 saturated heterocycles. The number of nitro groups is 1. The Morgan fingerprint density at radius 3 is 2.57 bits per heavy atom. The topological polar surface area (TPSA) is 111 Å². The van der Waals surface area contributed by atoms with Crippen molar-refractivity contribution in [2.45, 2.75) is 13.0 Å². The van der Waals surface area contributed by atoms with Crippen molar-refractivity contribution in [3.63, 3.8) is 0 Å². The number of hydrogen-bond acceptors (Lipinski definition) is 5. The molecular formula is C14H14ClN3O5. The lowest BCUT2D eigenvalue weighted by molar-refractivity contribution is -0.384. The molecule has 0 spiro atoms. The second-order valence-corrected chi connectivity index (χ2v) is 4.89. The molecular weight excluding hydrogens is 326 g/mol. The summed E-state index contributed by atoms with van der Waals surface area (Å²) < 4.78 is 5.01. The number of allylic oxidation sites excluding steroid dienone is 1. The quantitative estimate of drug-likeness (QED) is 0.369. The standard InChI is InChI=1S/C14H14ClN3O5/c1-2-23-13(19)11-10(7-15)16-14(20)17-12(11)8-3-5-9(6-4-8)18(21)22/h3-6,12H,2,7H2,1H3,(H2,16,17,20)/t12-/m0/s1. The number of ether oxygens (including phenoxy) is 1. The van der Waals surface area contributed by atoms with Gasteiger partial charge in [-0.1, -0.05) is 0 Å². The van der Waals surface area contributed by atoms with Crippen molar-refractivity contribution in [3.05, 3.63) is 51.2 Å². The van der Waals surface area contributed by atoms with E-state index in [9.17, 15) is 19.7 Å². The van der Waals surface area contributed by atoms with Crippen LogP contribution < -0.4 is 10.6 Å². The van der Waals surface area contributed by atoms with Gasteiger partial charge in [0, 0.05) is 17.8 Å². The van der Waals surface area contributed by atoms with Crippen LogP contribution in [0.4, 0.5) is 10.5 Å². The summed E-state index contributed by atoms with van der Waals surface area (Å²) in [4.78, 5) is 34.1. The van der Waals surface area contributed by atoms with E-state index >= 15 is 0 Å². The number of halogens is 1. The van der Waals surface area contributed by atoms with Crippen molar-refractivity contribution < 1.29 is 19.2 Å². The minimum Gasteiger partial charge on any atom is -0.463 e. The number of amides is 2. The van der Waals surface area contributed by atoms with Crippen molar-refractivity contribution in [3.8, 4) is 0 Å². The second kappa shape index (κ2) is 7.10. The van der Waals surface area contributed by atoms with Crippen LogP contribution >= 0.6 is 11.6 Å². The van der Waals surface area contributed by atoms with E-state index < -0.39 is 23.0 Å². The summed E-state index contributed by atoms with van der Waals surface area (Å²) in [5.41, 5.74) is 0.844. The highest BCUT2D eigenvalue weighted by Gasteiger charge is 2.33. The Balaban J connectivity index is 2.45. The maximum Gasteiger partial charge on any atom is 0.338 e. The number of non-ortho nitro benzene ring substituents is 1. The average Bonchev–Trinajstić information content (AvgIpc) is 2.54. The van der Waals surface area contributed by atoms with Crippen molar-refractivity contribution in [2.75, 3.05) is 12.5 Å². The highest BCUT2D eigenvalue weighted by Crippen LogP contribution is 2.29. The van der Waals surface area contributed by atoms with E-state index in [2.05, 4.69) is 10.6 Å². The smallest absolute Gasteiger partial charge is 0.338 e. The molecule has 1 aromatic rings. The number of rotatable bonds is 5. The summed E-state index contributed by atoms with van der Waals surface area (Å²) in [7, 11) is 0. The van der Waals surface area contributed by atoms with E-state index in [1.807, 2.05) is 0 Å². The fourth-order valence-electron chi connectivity index (χ4n) is 2.21. The van der Waals surface area contributed by atoms with Gasteiger partial charge in [0.05, 0.1) is 29.0 Å². The molecule has 0 bridgehead atoms. The van der Waals surface area contributed by atoms with Crippen LogP contribution in [0.1, 0.15) is 18.5 Å². The zero-order chi connectivity index (χ0) is 17.0. The molecule has 122 valence electrons. The molecule has 1 aliphatic heterocycles. The van der Waals surface area contributed by atoms with Gasteiger partial charge in [-0.25, -0.2) is 9.59 Å². The van der Waals surface area contributed by atoms with Gasteiger partial charge in [-0.2, -0.15) is 0 Å². The third-order valence-electron chi connectivity index (χ3n) is 3.22. The van der Waals surface area contributed by atoms with E-state index in [0.717, 1.165) is 0 Å². The highest BCUT2D eigenvalue weighted by molar-refractivity contribution is 6.20. The van der Waals surface area contributed by atoms with Crippen LogP contribution in [0.2, 0.25) is 0 Å². The van der Waals surface area contributed by atoms with Gasteiger partial charge in [0.1, 0.15) is 0 Å². The lowest BCUT2D eigenvalue weighted by Gasteiger charge is -2.28. The molecule has 0 aliphatic carbocycles. The minimum absolute atomic E-state index is 0.0783. The molecule has 0 fully saturated rings. The van der Waals surface area contributed by atoms with Gasteiger partial charge < -0.3 is 15.4 Å². The maximum absolute atomic E-state index is 12.2. The molecule has 0 unspecified atom stereocenters. The summed E-state index contributed by atoms with van der Waals surface area (Å²) in [5, 5.41) is 15.8. The first kappa shape index (κ1) is 16.8. The van der Waals surface area contributed by atoms with Gasteiger partial charge >= 0.3 is 12.0 Å². The van der Waals surface area contributed by atoms with Crippen LogP contribution in [0.5, 0.6) is 0 Å². The molecule has 2 amide bonds. The van der Waals surface area contributed by atoms with Gasteiger partial charge in [-0.15, -0.1) is 11.6 Å². The molecule has 1 atom stereocenters. The predicted octanol–water partition coefficient (Wildman–Crippen LogP) is 2.00. The van der Waals surface area contributed by atoms with Crippen molar-refractivity contribution >= 4 is 29.3 Å². The van der Waals surface area contributed by atoms with Gasteiger partial charge in [0.15, 0.2) is 0 Å². The number of nitrogens with zero attached hydrogens (tertiary/aromatic N) is 1. The molecule has 8 nitrogen and oxygen atoms in total. The number of nitrogens with one attached hydrogen (secondary N) is 2. The number of carbonyl (C=O) groups excluding carboxylic acids is 2. The molecule has 1 heterocycles. The largest absolute Gasteiger partial charge is 0.463 e. The Hall–Kier alpha value is -2.61. The first-order chi connectivity index (χ1) is 11.0. The molecule has 0 aromatic heterocycles. The highest BCUT2D eigenvalue weighted by atomic mass is 35.5. The van der Waals surface area contributed by atoms with E-state index in [4.69, 9.17) is 16.3 Å². The number of alkyl halides is 1. The number of urea groups is 1. The lowest BCUT2D eigenvalue weighted by Crippen LogP contribution is -2.46. The number of carbonyl (C=O) groups is 2. The molecule has 2 N–H and O–H groups in total. The predicted molar refractivity (Wildman–Crippen MR) is 81.9 cm³/mol. The Labute approximate surface area is 136 Å². The van der Waals surface area contributed by atoms with Crippen molar-refractivity contribution in [1.82, 2.24) is 10.6 Å². The number of benzene rings is 1. The van der Waals surface area contributed by atoms with Crippen LogP contribution in [0.15, 0.2) is 35.5 Å².